The number of benzene rings is 1. The molecule has 2 N–H and O–H groups in total. The molecule has 0 spiro atoms. The molecular weight excluding hydrogens is 234 g/mol. The minimum Gasteiger partial charge on any atom is -0.324 e. The lowest BCUT2D eigenvalue weighted by Gasteiger charge is -2.18. The third kappa shape index (κ3) is 3.56. The first-order valence-corrected chi connectivity index (χ1v) is 4.98. The second kappa shape index (κ2) is 4.87. The molecule has 0 aliphatic carbocycles. The van der Waals surface area contributed by atoms with E-state index in [2.05, 4.69) is 6.58 Å². The fraction of sp³-hybridized carbons (Fsp3) is 0.333. The topological polar surface area (TPSA) is 26.0 Å². The summed E-state index contributed by atoms with van der Waals surface area (Å²) in [6.45, 7) is 5.24. The number of hydrogen-bond donors (Lipinski definition) is 1. The van der Waals surface area contributed by atoms with Gasteiger partial charge in [0.05, 0.1) is 5.56 Å². The highest BCUT2D eigenvalue weighted by molar-refractivity contribution is 5.33. The van der Waals surface area contributed by atoms with Gasteiger partial charge in [0, 0.05) is 6.04 Å². The zero-order valence-electron chi connectivity index (χ0n) is 9.31. The molecule has 1 nitrogen and oxygen atoms in total. The number of alkyl halides is 3. The molecule has 0 aromatic heterocycles. The Morgan fingerprint density at radius 2 is 2.00 bits per heavy atom. The van der Waals surface area contributed by atoms with Crippen LogP contribution in [0.5, 0.6) is 0 Å². The summed E-state index contributed by atoms with van der Waals surface area (Å²) in [6.07, 6.45) is -4.34. The molecule has 0 aliphatic heterocycles. The predicted octanol–water partition coefficient (Wildman–Crippen LogP) is 3.81. The van der Waals surface area contributed by atoms with Crippen molar-refractivity contribution in [3.8, 4) is 0 Å². The molecule has 94 valence electrons. The molecule has 0 aliphatic rings. The van der Waals surface area contributed by atoms with Crippen molar-refractivity contribution in [3.05, 3.63) is 47.3 Å². The maximum absolute atomic E-state index is 13.0. The van der Waals surface area contributed by atoms with Gasteiger partial charge in [-0.2, -0.15) is 13.2 Å². The standard InChI is InChI=1S/C12H13F4N/c1-7(2)5-11(17)9-6-8(13)3-4-10(9)12(14,15)16/h3-4,6,11H,1,5,17H2,2H3. The van der Waals surface area contributed by atoms with E-state index in [1.807, 2.05) is 0 Å². The Kier molecular flexibility index (Phi) is 3.93. The summed E-state index contributed by atoms with van der Waals surface area (Å²) in [5, 5.41) is 0. The van der Waals surface area contributed by atoms with Gasteiger partial charge in [-0.15, -0.1) is 6.58 Å². The van der Waals surface area contributed by atoms with Crippen molar-refractivity contribution in [2.45, 2.75) is 25.6 Å². The van der Waals surface area contributed by atoms with E-state index in [0.29, 0.717) is 11.6 Å². The molecule has 1 rings (SSSR count). The summed E-state index contributed by atoms with van der Waals surface area (Å²) in [5.74, 6) is -0.731. The van der Waals surface area contributed by atoms with Gasteiger partial charge in [0.1, 0.15) is 5.82 Å². The predicted molar refractivity (Wildman–Crippen MR) is 57.8 cm³/mol. The van der Waals surface area contributed by atoms with E-state index < -0.39 is 23.6 Å². The Morgan fingerprint density at radius 1 is 1.41 bits per heavy atom. The summed E-state index contributed by atoms with van der Waals surface area (Å²) < 4.78 is 51.0. The summed E-state index contributed by atoms with van der Waals surface area (Å²) in [4.78, 5) is 0. The van der Waals surface area contributed by atoms with Crippen LogP contribution in [-0.2, 0) is 6.18 Å². The normalized spacial score (nSPS) is 13.5. The Bertz CT molecular complexity index is 423. The van der Waals surface area contributed by atoms with Crippen LogP contribution in [0.4, 0.5) is 17.6 Å². The van der Waals surface area contributed by atoms with Crippen LogP contribution in [0.1, 0.15) is 30.5 Å². The Labute approximate surface area is 96.9 Å². The van der Waals surface area contributed by atoms with Crippen LogP contribution in [-0.4, -0.2) is 0 Å². The van der Waals surface area contributed by atoms with Gasteiger partial charge in [0.15, 0.2) is 0 Å². The second-order valence-electron chi connectivity index (χ2n) is 4.00. The van der Waals surface area contributed by atoms with Gasteiger partial charge in [-0.25, -0.2) is 4.39 Å². The molecule has 0 saturated carbocycles. The van der Waals surface area contributed by atoms with Crippen LogP contribution in [0.2, 0.25) is 0 Å². The average molecular weight is 247 g/mol. The highest BCUT2D eigenvalue weighted by atomic mass is 19.4. The highest BCUT2D eigenvalue weighted by Gasteiger charge is 2.34. The van der Waals surface area contributed by atoms with Gasteiger partial charge < -0.3 is 5.73 Å². The fourth-order valence-electron chi connectivity index (χ4n) is 1.58. The van der Waals surface area contributed by atoms with E-state index in [9.17, 15) is 17.6 Å². The van der Waals surface area contributed by atoms with Gasteiger partial charge in [-0.05, 0) is 37.1 Å². The van der Waals surface area contributed by atoms with Crippen molar-refractivity contribution >= 4 is 0 Å². The molecule has 1 atom stereocenters. The third-order valence-corrected chi connectivity index (χ3v) is 2.29. The van der Waals surface area contributed by atoms with Crippen LogP contribution < -0.4 is 5.73 Å². The largest absolute Gasteiger partial charge is 0.416 e. The summed E-state index contributed by atoms with van der Waals surface area (Å²) in [5.41, 5.74) is 5.15. The molecular formula is C12H13F4N. The van der Waals surface area contributed by atoms with Crippen molar-refractivity contribution < 1.29 is 17.6 Å². The maximum atomic E-state index is 13.0. The smallest absolute Gasteiger partial charge is 0.324 e. The molecule has 17 heavy (non-hydrogen) atoms. The molecule has 1 aromatic carbocycles. The molecule has 0 radical (unpaired) electrons. The van der Waals surface area contributed by atoms with Gasteiger partial charge in [0.2, 0.25) is 0 Å². The molecule has 0 bridgehead atoms. The van der Waals surface area contributed by atoms with Crippen LogP contribution in [0, 0.1) is 5.82 Å². The molecule has 0 amide bonds. The lowest BCUT2D eigenvalue weighted by Crippen LogP contribution is -2.18. The summed E-state index contributed by atoms with van der Waals surface area (Å²) >= 11 is 0. The van der Waals surface area contributed by atoms with Gasteiger partial charge in [-0.1, -0.05) is 5.57 Å². The Morgan fingerprint density at radius 3 is 2.47 bits per heavy atom. The highest BCUT2D eigenvalue weighted by Crippen LogP contribution is 2.35. The number of rotatable bonds is 3. The quantitative estimate of drug-likeness (QED) is 0.638. The number of nitrogens with two attached hydrogens (primary N) is 1. The first-order chi connectivity index (χ1) is 7.71. The molecule has 0 saturated heterocycles. The van der Waals surface area contributed by atoms with Crippen LogP contribution in [0.3, 0.4) is 0 Å². The molecule has 5 heteroatoms. The summed E-state index contributed by atoms with van der Waals surface area (Å²) in [6, 6.07) is 1.42. The van der Waals surface area contributed by atoms with Crippen molar-refractivity contribution in [1.29, 1.82) is 0 Å². The minimum absolute atomic E-state index is 0.187. The third-order valence-electron chi connectivity index (χ3n) is 2.29. The van der Waals surface area contributed by atoms with Gasteiger partial charge in [-0.3, -0.25) is 0 Å². The van der Waals surface area contributed by atoms with E-state index >= 15 is 0 Å². The van der Waals surface area contributed by atoms with Crippen LogP contribution >= 0.6 is 0 Å². The average Bonchev–Trinajstić information content (AvgIpc) is 2.14. The number of hydrogen-bond acceptors (Lipinski definition) is 1. The van der Waals surface area contributed by atoms with E-state index in [4.69, 9.17) is 5.73 Å². The zero-order chi connectivity index (χ0) is 13.2. The van der Waals surface area contributed by atoms with E-state index in [1.54, 1.807) is 6.92 Å². The van der Waals surface area contributed by atoms with E-state index in [0.717, 1.165) is 12.1 Å². The second-order valence-corrected chi connectivity index (χ2v) is 4.00. The van der Waals surface area contributed by atoms with Gasteiger partial charge >= 0.3 is 6.18 Å². The van der Waals surface area contributed by atoms with Gasteiger partial charge in [0.25, 0.3) is 0 Å². The first kappa shape index (κ1) is 13.7. The number of halogens is 4. The summed E-state index contributed by atoms with van der Waals surface area (Å²) in [7, 11) is 0. The zero-order valence-corrected chi connectivity index (χ0v) is 9.31. The van der Waals surface area contributed by atoms with Crippen molar-refractivity contribution in [2.75, 3.05) is 0 Å². The lowest BCUT2D eigenvalue weighted by molar-refractivity contribution is -0.138. The Hall–Kier alpha value is -1.36. The van der Waals surface area contributed by atoms with Crippen molar-refractivity contribution in [3.63, 3.8) is 0 Å². The molecule has 1 aromatic rings. The Balaban J connectivity index is 3.20. The van der Waals surface area contributed by atoms with Crippen molar-refractivity contribution in [2.24, 2.45) is 5.73 Å². The van der Waals surface area contributed by atoms with Crippen LogP contribution in [0.25, 0.3) is 0 Å². The minimum atomic E-state index is -4.53. The fourth-order valence-corrected chi connectivity index (χ4v) is 1.58. The monoisotopic (exact) mass is 247 g/mol. The first-order valence-electron chi connectivity index (χ1n) is 4.98. The van der Waals surface area contributed by atoms with Crippen molar-refractivity contribution in [1.82, 2.24) is 0 Å². The van der Waals surface area contributed by atoms with E-state index in [1.165, 1.54) is 0 Å². The molecule has 0 fully saturated rings. The maximum Gasteiger partial charge on any atom is 0.416 e. The van der Waals surface area contributed by atoms with E-state index in [-0.39, 0.29) is 12.0 Å². The SMILES string of the molecule is C=C(C)CC(N)c1cc(F)ccc1C(F)(F)F. The van der Waals surface area contributed by atoms with Crippen LogP contribution in [0.15, 0.2) is 30.4 Å². The molecule has 1 unspecified atom stereocenters. The lowest BCUT2D eigenvalue weighted by atomic mass is 9.96. The molecule has 0 heterocycles.